The molecule has 0 aliphatic carbocycles. The molecule has 178 valence electrons. The third kappa shape index (κ3) is 5.63. The summed E-state index contributed by atoms with van der Waals surface area (Å²) in [5.41, 5.74) is 0.416. The summed E-state index contributed by atoms with van der Waals surface area (Å²) in [5.74, 6) is -0.145. The second-order valence-corrected chi connectivity index (χ2v) is 7.82. The van der Waals surface area contributed by atoms with Crippen molar-refractivity contribution in [2.45, 2.75) is 18.6 Å². The van der Waals surface area contributed by atoms with E-state index in [9.17, 15) is 22.4 Å². The molecule has 34 heavy (non-hydrogen) atoms. The number of pyridine rings is 1. The quantitative estimate of drug-likeness (QED) is 0.498. The highest BCUT2D eigenvalue weighted by molar-refractivity contribution is 5.78. The highest BCUT2D eigenvalue weighted by atomic mass is 19.4. The number of rotatable bonds is 6. The van der Waals surface area contributed by atoms with Gasteiger partial charge in [-0.3, -0.25) is 4.79 Å². The van der Waals surface area contributed by atoms with Gasteiger partial charge in [0, 0.05) is 25.0 Å². The third-order valence-corrected chi connectivity index (χ3v) is 5.39. The molecule has 1 aromatic heterocycles. The monoisotopic (exact) mass is 475 g/mol. The van der Waals surface area contributed by atoms with Crippen LogP contribution in [0.5, 0.6) is 11.5 Å². The topological polar surface area (TPSA) is 63.7 Å². The van der Waals surface area contributed by atoms with Crippen molar-refractivity contribution < 1.29 is 31.8 Å². The van der Waals surface area contributed by atoms with Gasteiger partial charge >= 0.3 is 6.18 Å². The molecule has 2 heterocycles. The van der Waals surface area contributed by atoms with Crippen molar-refractivity contribution in [3.8, 4) is 11.5 Å². The number of ether oxygens (including phenoxy) is 2. The minimum atomic E-state index is -4.48. The molecule has 0 radical (unpaired) electrons. The molecule has 0 spiro atoms. The maximum absolute atomic E-state index is 14.5. The first-order valence-electron chi connectivity index (χ1n) is 10.4. The lowest BCUT2D eigenvalue weighted by molar-refractivity contribution is -0.145. The maximum Gasteiger partial charge on any atom is 0.417 e. The number of aromatic nitrogens is 1. The third-order valence-electron chi connectivity index (χ3n) is 5.39. The number of carbonyl (C=O) groups is 1. The fourth-order valence-electron chi connectivity index (χ4n) is 3.43. The number of amides is 1. The second kappa shape index (κ2) is 9.68. The van der Waals surface area contributed by atoms with E-state index in [0.29, 0.717) is 30.7 Å². The van der Waals surface area contributed by atoms with Crippen molar-refractivity contribution in [1.82, 2.24) is 9.88 Å². The lowest BCUT2D eigenvalue weighted by Gasteiger charge is -2.32. The Hall–Kier alpha value is -3.66. The van der Waals surface area contributed by atoms with E-state index in [2.05, 4.69) is 10.3 Å². The van der Waals surface area contributed by atoms with Crippen molar-refractivity contribution in [2.24, 2.45) is 0 Å². The summed E-state index contributed by atoms with van der Waals surface area (Å²) >= 11 is 0. The zero-order valence-corrected chi connectivity index (χ0v) is 18.1. The molecule has 10 heteroatoms. The van der Waals surface area contributed by atoms with Crippen LogP contribution in [0.2, 0.25) is 0 Å². The second-order valence-electron chi connectivity index (χ2n) is 7.82. The van der Waals surface area contributed by atoms with Gasteiger partial charge < -0.3 is 19.7 Å². The largest absolute Gasteiger partial charge is 0.454 e. The number of likely N-dealkylation sites (N-methyl/N-ethyl adjacent to an activating group) is 1. The fourth-order valence-corrected chi connectivity index (χ4v) is 3.43. The van der Waals surface area contributed by atoms with Crippen LogP contribution in [0.15, 0.2) is 60.8 Å². The van der Waals surface area contributed by atoms with E-state index in [-0.39, 0.29) is 30.1 Å². The Morgan fingerprint density at radius 3 is 2.56 bits per heavy atom. The van der Waals surface area contributed by atoms with Gasteiger partial charge in [-0.25, -0.2) is 9.37 Å². The first kappa shape index (κ1) is 23.5. The van der Waals surface area contributed by atoms with Gasteiger partial charge in [0.25, 0.3) is 0 Å². The van der Waals surface area contributed by atoms with Crippen LogP contribution in [0.4, 0.5) is 29.1 Å². The van der Waals surface area contributed by atoms with Gasteiger partial charge in [-0.15, -0.1) is 0 Å². The number of nitrogens with one attached hydrogen (secondary N) is 1. The van der Waals surface area contributed by atoms with Gasteiger partial charge in [-0.05, 0) is 48.4 Å². The molecule has 1 saturated heterocycles. The molecule has 1 aliphatic heterocycles. The van der Waals surface area contributed by atoms with Crippen molar-refractivity contribution >= 4 is 17.4 Å². The number of alkyl halides is 3. The standard InChI is InChI=1S/C24H21F4N3O3/c1-31-18(13-33-14-23(31)32)10-15-2-6-19(7-3-15)34-21-8-5-17(11-20(21)25)30-22-9-4-16(12-29-22)24(26,27)28/h2-9,11-12,18H,10,13-14H2,1H3,(H,29,30). The van der Waals surface area contributed by atoms with Crippen LogP contribution in [-0.2, 0) is 22.1 Å². The summed E-state index contributed by atoms with van der Waals surface area (Å²) in [6, 6.07) is 13.2. The van der Waals surface area contributed by atoms with E-state index in [1.165, 1.54) is 24.3 Å². The lowest BCUT2D eigenvalue weighted by atomic mass is 10.0. The Morgan fingerprint density at radius 1 is 1.15 bits per heavy atom. The van der Waals surface area contributed by atoms with E-state index < -0.39 is 17.6 Å². The van der Waals surface area contributed by atoms with Crippen molar-refractivity contribution in [3.63, 3.8) is 0 Å². The van der Waals surface area contributed by atoms with Crippen molar-refractivity contribution in [1.29, 1.82) is 0 Å². The van der Waals surface area contributed by atoms with Gasteiger partial charge in [0.15, 0.2) is 11.6 Å². The van der Waals surface area contributed by atoms with Crippen LogP contribution >= 0.6 is 0 Å². The van der Waals surface area contributed by atoms with Gasteiger partial charge in [0.2, 0.25) is 5.91 Å². The van der Waals surface area contributed by atoms with Crippen LogP contribution in [-0.4, -0.2) is 42.1 Å². The Balaban J connectivity index is 1.37. The molecule has 1 fully saturated rings. The number of nitrogens with zero attached hydrogens (tertiary/aromatic N) is 2. The number of benzene rings is 2. The molecular formula is C24H21F4N3O3. The highest BCUT2D eigenvalue weighted by Gasteiger charge is 2.30. The van der Waals surface area contributed by atoms with Gasteiger partial charge in [-0.2, -0.15) is 13.2 Å². The van der Waals surface area contributed by atoms with Crippen molar-refractivity contribution in [3.05, 3.63) is 77.7 Å². The summed E-state index contributed by atoms with van der Waals surface area (Å²) in [7, 11) is 1.75. The minimum absolute atomic E-state index is 0.00955. The van der Waals surface area contributed by atoms with Crippen LogP contribution in [0, 0.1) is 5.82 Å². The Kier molecular flexibility index (Phi) is 6.69. The Bertz CT molecular complexity index is 1150. The summed E-state index contributed by atoms with van der Waals surface area (Å²) in [6.45, 7) is 0.564. The Morgan fingerprint density at radius 2 is 1.91 bits per heavy atom. The molecule has 3 aromatic rings. The number of morpholine rings is 1. The van der Waals surface area contributed by atoms with Crippen LogP contribution in [0.3, 0.4) is 0 Å². The first-order valence-corrected chi connectivity index (χ1v) is 10.4. The van der Waals surface area contributed by atoms with E-state index >= 15 is 0 Å². The van der Waals surface area contributed by atoms with Gasteiger partial charge in [-0.1, -0.05) is 12.1 Å². The average molecular weight is 475 g/mol. The maximum atomic E-state index is 14.5. The number of anilines is 2. The molecule has 1 aliphatic rings. The number of hydrogen-bond acceptors (Lipinski definition) is 5. The highest BCUT2D eigenvalue weighted by Crippen LogP contribution is 2.31. The van der Waals surface area contributed by atoms with Crippen LogP contribution < -0.4 is 10.1 Å². The number of carbonyl (C=O) groups excluding carboxylic acids is 1. The summed E-state index contributed by atoms with van der Waals surface area (Å²) < 4.78 is 63.4. The summed E-state index contributed by atoms with van der Waals surface area (Å²) in [4.78, 5) is 17.1. The molecule has 6 nitrogen and oxygen atoms in total. The van der Waals surface area contributed by atoms with E-state index in [0.717, 1.165) is 11.6 Å². The van der Waals surface area contributed by atoms with Gasteiger partial charge in [0.05, 0.1) is 18.2 Å². The minimum Gasteiger partial charge on any atom is -0.454 e. The normalized spacial score (nSPS) is 16.4. The molecule has 1 unspecified atom stereocenters. The summed E-state index contributed by atoms with van der Waals surface area (Å²) in [5, 5.41) is 2.76. The smallest absolute Gasteiger partial charge is 0.417 e. The van der Waals surface area contributed by atoms with Crippen molar-refractivity contribution in [2.75, 3.05) is 25.6 Å². The van der Waals surface area contributed by atoms with E-state index in [4.69, 9.17) is 9.47 Å². The van der Waals surface area contributed by atoms with Crippen LogP contribution in [0.1, 0.15) is 11.1 Å². The number of hydrogen-bond donors (Lipinski definition) is 1. The summed E-state index contributed by atoms with van der Waals surface area (Å²) in [6.07, 6.45) is -3.15. The van der Waals surface area contributed by atoms with Crippen LogP contribution in [0.25, 0.3) is 0 Å². The molecule has 0 bridgehead atoms. The lowest BCUT2D eigenvalue weighted by Crippen LogP contribution is -2.47. The fraction of sp³-hybridized carbons (Fsp3) is 0.250. The number of halogens is 4. The predicted molar refractivity (Wildman–Crippen MR) is 117 cm³/mol. The zero-order valence-electron chi connectivity index (χ0n) is 18.1. The molecular weight excluding hydrogens is 454 g/mol. The average Bonchev–Trinajstić information content (AvgIpc) is 2.80. The molecule has 0 saturated carbocycles. The predicted octanol–water partition coefficient (Wildman–Crippen LogP) is 5.18. The zero-order chi connectivity index (χ0) is 24.3. The van der Waals surface area contributed by atoms with E-state index in [1.807, 2.05) is 12.1 Å². The first-order chi connectivity index (χ1) is 16.2. The molecule has 4 rings (SSSR count). The van der Waals surface area contributed by atoms with E-state index in [1.54, 1.807) is 24.1 Å². The molecule has 1 amide bonds. The SMILES string of the molecule is CN1C(=O)COCC1Cc1ccc(Oc2ccc(Nc3ccc(C(F)(F)F)cn3)cc2F)cc1. The molecule has 1 atom stereocenters. The molecule has 1 N–H and O–H groups in total. The Labute approximate surface area is 193 Å². The molecule has 2 aromatic carbocycles. The van der Waals surface area contributed by atoms with Gasteiger partial charge in [0.1, 0.15) is 18.2 Å².